The summed E-state index contributed by atoms with van der Waals surface area (Å²) in [6.07, 6.45) is 3.53. The Hall–Kier alpha value is -1.22. The molecule has 0 amide bonds. The summed E-state index contributed by atoms with van der Waals surface area (Å²) in [4.78, 5) is 0. The van der Waals surface area contributed by atoms with Crippen LogP contribution in [0.2, 0.25) is 0 Å². The summed E-state index contributed by atoms with van der Waals surface area (Å²) >= 11 is 0. The van der Waals surface area contributed by atoms with Gasteiger partial charge in [-0.15, -0.1) is 0 Å². The molecule has 0 heterocycles. The van der Waals surface area contributed by atoms with Crippen molar-refractivity contribution in [1.29, 1.82) is 0 Å². The van der Waals surface area contributed by atoms with E-state index in [-0.39, 0.29) is 6.04 Å². The van der Waals surface area contributed by atoms with E-state index in [0.29, 0.717) is 6.04 Å². The van der Waals surface area contributed by atoms with Gasteiger partial charge in [-0.2, -0.15) is 0 Å². The van der Waals surface area contributed by atoms with Gasteiger partial charge < -0.3 is 15.8 Å². The van der Waals surface area contributed by atoms with E-state index >= 15 is 0 Å². The van der Waals surface area contributed by atoms with Crippen LogP contribution >= 0.6 is 0 Å². The molecule has 0 bridgehead atoms. The summed E-state index contributed by atoms with van der Waals surface area (Å²) in [7, 11) is 1.71. The molecule has 3 N–H and O–H groups in total. The van der Waals surface area contributed by atoms with Crippen LogP contribution in [-0.2, 0) is 0 Å². The summed E-state index contributed by atoms with van der Waals surface area (Å²) in [5, 5.41) is 3.57. The van der Waals surface area contributed by atoms with Crippen molar-refractivity contribution >= 4 is 5.69 Å². The molecule has 1 aromatic rings. The molecule has 2 unspecified atom stereocenters. The number of nitrogens with two attached hydrogens (primary N) is 1. The predicted molar refractivity (Wildman–Crippen MR) is 71.7 cm³/mol. The van der Waals surface area contributed by atoms with Crippen LogP contribution in [0.15, 0.2) is 12.1 Å². The summed E-state index contributed by atoms with van der Waals surface area (Å²) < 4.78 is 5.32. The van der Waals surface area contributed by atoms with E-state index in [2.05, 4.69) is 31.3 Å². The monoisotopic (exact) mass is 234 g/mol. The molecule has 0 radical (unpaired) electrons. The van der Waals surface area contributed by atoms with Gasteiger partial charge in [-0.25, -0.2) is 0 Å². The van der Waals surface area contributed by atoms with Crippen LogP contribution < -0.4 is 15.8 Å². The van der Waals surface area contributed by atoms with Gasteiger partial charge in [0.15, 0.2) is 0 Å². The van der Waals surface area contributed by atoms with Gasteiger partial charge in [0.1, 0.15) is 5.75 Å². The van der Waals surface area contributed by atoms with Gasteiger partial charge >= 0.3 is 0 Å². The van der Waals surface area contributed by atoms with Crippen LogP contribution in [0.1, 0.15) is 30.4 Å². The second-order valence-electron chi connectivity index (χ2n) is 4.98. The third kappa shape index (κ3) is 2.55. The minimum absolute atomic E-state index is 0.289. The van der Waals surface area contributed by atoms with Gasteiger partial charge in [-0.3, -0.25) is 0 Å². The van der Waals surface area contributed by atoms with E-state index in [9.17, 15) is 0 Å². The van der Waals surface area contributed by atoms with Gasteiger partial charge in [-0.05, 0) is 56.4 Å². The molecule has 2 rings (SSSR count). The number of hydrogen-bond acceptors (Lipinski definition) is 3. The Morgan fingerprint density at radius 3 is 2.59 bits per heavy atom. The molecule has 1 saturated carbocycles. The van der Waals surface area contributed by atoms with Crippen LogP contribution in [-0.4, -0.2) is 19.2 Å². The summed E-state index contributed by atoms with van der Waals surface area (Å²) in [5.41, 5.74) is 9.64. The Bertz CT molecular complexity index is 403. The summed E-state index contributed by atoms with van der Waals surface area (Å²) in [6, 6.07) is 4.94. The quantitative estimate of drug-likeness (QED) is 0.845. The predicted octanol–water partition coefficient (Wildman–Crippen LogP) is 2.60. The maximum atomic E-state index is 6.08. The van der Waals surface area contributed by atoms with E-state index in [1.165, 1.54) is 24.1 Å². The van der Waals surface area contributed by atoms with E-state index in [1.807, 2.05) is 0 Å². The maximum absolute atomic E-state index is 6.08. The molecule has 94 valence electrons. The second-order valence-corrected chi connectivity index (χ2v) is 4.98. The standard InChI is InChI=1S/C14H22N2O/c1-9-8-14(17-3)10(2)7-13(9)16-12-6-4-5-11(12)15/h7-8,11-12,16H,4-6,15H2,1-3H3. The highest BCUT2D eigenvalue weighted by Gasteiger charge is 2.24. The molecule has 1 aromatic carbocycles. The first-order valence-corrected chi connectivity index (χ1v) is 6.29. The van der Waals surface area contributed by atoms with Gasteiger partial charge in [0.2, 0.25) is 0 Å². The van der Waals surface area contributed by atoms with Gasteiger partial charge in [0.25, 0.3) is 0 Å². The molecule has 0 aliphatic heterocycles. The van der Waals surface area contributed by atoms with E-state index in [1.54, 1.807) is 7.11 Å². The first-order valence-electron chi connectivity index (χ1n) is 6.29. The summed E-state index contributed by atoms with van der Waals surface area (Å²) in [6.45, 7) is 4.17. The molecular formula is C14H22N2O. The smallest absolute Gasteiger partial charge is 0.122 e. The Morgan fingerprint density at radius 1 is 1.24 bits per heavy atom. The number of methoxy groups -OCH3 is 1. The molecule has 1 fully saturated rings. The number of benzene rings is 1. The number of hydrogen-bond donors (Lipinski definition) is 2. The fourth-order valence-corrected chi connectivity index (χ4v) is 2.53. The Labute approximate surface area is 103 Å². The Balaban J connectivity index is 2.18. The fraction of sp³-hybridized carbons (Fsp3) is 0.571. The van der Waals surface area contributed by atoms with Crippen LogP contribution in [0.4, 0.5) is 5.69 Å². The zero-order valence-corrected chi connectivity index (χ0v) is 10.9. The molecule has 3 heteroatoms. The summed E-state index contributed by atoms with van der Waals surface area (Å²) in [5.74, 6) is 0.948. The average molecular weight is 234 g/mol. The SMILES string of the molecule is COc1cc(C)c(NC2CCCC2N)cc1C. The molecule has 17 heavy (non-hydrogen) atoms. The van der Waals surface area contributed by atoms with Crippen molar-refractivity contribution < 1.29 is 4.74 Å². The normalized spacial score (nSPS) is 23.8. The minimum Gasteiger partial charge on any atom is -0.496 e. The van der Waals surface area contributed by atoms with Crippen LogP contribution in [0, 0.1) is 13.8 Å². The van der Waals surface area contributed by atoms with Gasteiger partial charge in [-0.1, -0.05) is 0 Å². The number of rotatable bonds is 3. The highest BCUT2D eigenvalue weighted by Crippen LogP contribution is 2.28. The van der Waals surface area contributed by atoms with Crippen molar-refractivity contribution in [3.05, 3.63) is 23.3 Å². The number of anilines is 1. The Morgan fingerprint density at radius 2 is 2.00 bits per heavy atom. The van der Waals surface area contributed by atoms with Crippen molar-refractivity contribution in [2.75, 3.05) is 12.4 Å². The van der Waals surface area contributed by atoms with Crippen molar-refractivity contribution in [2.45, 2.75) is 45.2 Å². The highest BCUT2D eigenvalue weighted by molar-refractivity contribution is 5.57. The van der Waals surface area contributed by atoms with Crippen molar-refractivity contribution in [3.63, 3.8) is 0 Å². The molecule has 2 atom stereocenters. The molecule has 3 nitrogen and oxygen atoms in total. The zero-order chi connectivity index (χ0) is 12.4. The van der Waals surface area contributed by atoms with Crippen molar-refractivity contribution in [2.24, 2.45) is 5.73 Å². The van der Waals surface area contributed by atoms with Crippen LogP contribution in [0.5, 0.6) is 5.75 Å². The lowest BCUT2D eigenvalue weighted by Crippen LogP contribution is -2.35. The van der Waals surface area contributed by atoms with Crippen molar-refractivity contribution in [1.82, 2.24) is 0 Å². The number of aryl methyl sites for hydroxylation is 2. The number of nitrogens with one attached hydrogen (secondary N) is 1. The lowest BCUT2D eigenvalue weighted by molar-refractivity contribution is 0.411. The molecule has 0 aromatic heterocycles. The molecular weight excluding hydrogens is 212 g/mol. The lowest BCUT2D eigenvalue weighted by Gasteiger charge is -2.21. The third-order valence-corrected chi connectivity index (χ3v) is 3.65. The van der Waals surface area contributed by atoms with Gasteiger partial charge in [0, 0.05) is 17.8 Å². The van der Waals surface area contributed by atoms with E-state index < -0.39 is 0 Å². The topological polar surface area (TPSA) is 47.3 Å². The molecule has 0 saturated heterocycles. The second kappa shape index (κ2) is 4.96. The fourth-order valence-electron chi connectivity index (χ4n) is 2.53. The van der Waals surface area contributed by atoms with E-state index in [4.69, 9.17) is 10.5 Å². The molecule has 0 spiro atoms. The van der Waals surface area contributed by atoms with Gasteiger partial charge in [0.05, 0.1) is 7.11 Å². The van der Waals surface area contributed by atoms with Crippen LogP contribution in [0.25, 0.3) is 0 Å². The lowest BCUT2D eigenvalue weighted by atomic mass is 10.1. The van der Waals surface area contributed by atoms with E-state index in [0.717, 1.165) is 17.7 Å². The average Bonchev–Trinajstić information content (AvgIpc) is 2.69. The molecule has 1 aliphatic carbocycles. The van der Waals surface area contributed by atoms with Crippen LogP contribution in [0.3, 0.4) is 0 Å². The third-order valence-electron chi connectivity index (χ3n) is 3.65. The first kappa shape index (κ1) is 12.2. The number of ether oxygens (including phenoxy) is 1. The first-order chi connectivity index (χ1) is 8.11. The highest BCUT2D eigenvalue weighted by atomic mass is 16.5. The minimum atomic E-state index is 0.289. The molecule has 1 aliphatic rings. The maximum Gasteiger partial charge on any atom is 0.122 e. The zero-order valence-electron chi connectivity index (χ0n) is 10.9. The van der Waals surface area contributed by atoms with Crippen molar-refractivity contribution in [3.8, 4) is 5.75 Å². The largest absolute Gasteiger partial charge is 0.496 e. The Kier molecular flexibility index (Phi) is 3.57.